The van der Waals surface area contributed by atoms with Gasteiger partial charge in [-0.25, -0.2) is 4.98 Å². The van der Waals surface area contributed by atoms with Gasteiger partial charge in [0, 0.05) is 16.3 Å². The Hall–Kier alpha value is -1.48. The van der Waals surface area contributed by atoms with Crippen molar-refractivity contribution in [1.29, 1.82) is 0 Å². The fourth-order valence-electron chi connectivity index (χ4n) is 1.50. The molecule has 0 aliphatic rings. The Morgan fingerprint density at radius 1 is 1.33 bits per heavy atom. The Morgan fingerprint density at radius 2 is 2.07 bits per heavy atom. The summed E-state index contributed by atoms with van der Waals surface area (Å²) in [7, 11) is 0. The van der Waals surface area contributed by atoms with Gasteiger partial charge in [-0.1, -0.05) is 23.7 Å². The molecule has 1 aromatic heterocycles. The number of rotatable bonds is 1. The van der Waals surface area contributed by atoms with Gasteiger partial charge in [0.1, 0.15) is 0 Å². The van der Waals surface area contributed by atoms with Crippen molar-refractivity contribution < 1.29 is 0 Å². The Morgan fingerprint density at radius 3 is 2.60 bits per heavy atom. The maximum Gasteiger partial charge on any atom is 0.198 e. The molecule has 0 radical (unpaired) electrons. The standard InChI is InChI=1S/C11H12ClN3/c1-6-3-4-8(5-9(6)12)10-7(2)14-11(13)15-10/h3-5H,1-2H3,(H3,13,14,15). The molecule has 0 atom stereocenters. The third kappa shape index (κ3) is 1.83. The molecule has 0 aliphatic carbocycles. The van der Waals surface area contributed by atoms with Gasteiger partial charge in [-0.05, 0) is 25.5 Å². The average Bonchev–Trinajstić information content (AvgIpc) is 2.50. The van der Waals surface area contributed by atoms with Crippen LogP contribution < -0.4 is 5.73 Å². The highest BCUT2D eigenvalue weighted by atomic mass is 35.5. The fourth-order valence-corrected chi connectivity index (χ4v) is 1.69. The van der Waals surface area contributed by atoms with Crippen LogP contribution in [-0.2, 0) is 0 Å². The molecule has 15 heavy (non-hydrogen) atoms. The van der Waals surface area contributed by atoms with Crippen LogP contribution in [0.1, 0.15) is 11.3 Å². The molecule has 4 heteroatoms. The van der Waals surface area contributed by atoms with E-state index in [0.717, 1.165) is 27.5 Å². The van der Waals surface area contributed by atoms with E-state index < -0.39 is 0 Å². The molecule has 78 valence electrons. The number of anilines is 1. The summed E-state index contributed by atoms with van der Waals surface area (Å²) in [4.78, 5) is 7.18. The first kappa shape index (κ1) is 10.1. The average molecular weight is 222 g/mol. The lowest BCUT2D eigenvalue weighted by molar-refractivity contribution is 1.26. The van der Waals surface area contributed by atoms with Crippen LogP contribution in [0.3, 0.4) is 0 Å². The largest absolute Gasteiger partial charge is 0.369 e. The number of hydrogen-bond acceptors (Lipinski definition) is 2. The lowest BCUT2D eigenvalue weighted by Crippen LogP contribution is -1.85. The predicted molar refractivity (Wildman–Crippen MR) is 62.9 cm³/mol. The molecule has 0 bridgehead atoms. The molecule has 2 aromatic rings. The van der Waals surface area contributed by atoms with Gasteiger partial charge in [0.05, 0.1) is 5.69 Å². The molecule has 2 rings (SSSR count). The second-order valence-corrected chi connectivity index (χ2v) is 3.97. The van der Waals surface area contributed by atoms with Gasteiger partial charge >= 0.3 is 0 Å². The minimum absolute atomic E-state index is 0.430. The minimum atomic E-state index is 0.430. The van der Waals surface area contributed by atoms with Crippen molar-refractivity contribution in [3.05, 3.63) is 34.5 Å². The van der Waals surface area contributed by atoms with Gasteiger partial charge in [-0.3, -0.25) is 0 Å². The van der Waals surface area contributed by atoms with Gasteiger partial charge < -0.3 is 10.7 Å². The van der Waals surface area contributed by atoms with Crippen molar-refractivity contribution in [2.75, 3.05) is 5.73 Å². The number of aromatic amines is 1. The van der Waals surface area contributed by atoms with Gasteiger partial charge in [0.25, 0.3) is 0 Å². The highest BCUT2D eigenvalue weighted by Crippen LogP contribution is 2.26. The first-order chi connectivity index (χ1) is 7.08. The van der Waals surface area contributed by atoms with Crippen molar-refractivity contribution in [2.45, 2.75) is 13.8 Å². The summed E-state index contributed by atoms with van der Waals surface area (Å²) in [5, 5.41) is 0.744. The number of aryl methyl sites for hydroxylation is 2. The minimum Gasteiger partial charge on any atom is -0.369 e. The number of benzene rings is 1. The first-order valence-electron chi connectivity index (χ1n) is 4.66. The predicted octanol–water partition coefficient (Wildman–Crippen LogP) is 2.93. The number of nitrogens with zero attached hydrogens (tertiary/aromatic N) is 1. The van der Waals surface area contributed by atoms with Crippen LogP contribution in [0, 0.1) is 13.8 Å². The maximum atomic E-state index is 6.05. The van der Waals surface area contributed by atoms with Crippen molar-refractivity contribution in [3.63, 3.8) is 0 Å². The van der Waals surface area contributed by atoms with Gasteiger partial charge in [-0.2, -0.15) is 0 Å². The zero-order chi connectivity index (χ0) is 11.0. The number of H-pyrrole nitrogens is 1. The Labute approximate surface area is 93.3 Å². The number of halogens is 1. The smallest absolute Gasteiger partial charge is 0.198 e. The number of imidazole rings is 1. The van der Waals surface area contributed by atoms with Gasteiger partial charge in [-0.15, -0.1) is 0 Å². The van der Waals surface area contributed by atoms with E-state index in [1.54, 1.807) is 0 Å². The molecule has 0 spiro atoms. The lowest BCUT2D eigenvalue weighted by atomic mass is 10.1. The van der Waals surface area contributed by atoms with E-state index in [2.05, 4.69) is 9.97 Å². The number of nitrogen functional groups attached to an aromatic ring is 1. The topological polar surface area (TPSA) is 54.7 Å². The fraction of sp³-hybridized carbons (Fsp3) is 0.182. The van der Waals surface area contributed by atoms with E-state index >= 15 is 0 Å². The zero-order valence-electron chi connectivity index (χ0n) is 8.63. The lowest BCUT2D eigenvalue weighted by Gasteiger charge is -2.01. The van der Waals surface area contributed by atoms with E-state index in [1.165, 1.54) is 0 Å². The Balaban J connectivity index is 2.54. The van der Waals surface area contributed by atoms with Crippen molar-refractivity contribution in [3.8, 4) is 11.3 Å². The van der Waals surface area contributed by atoms with E-state index in [-0.39, 0.29) is 0 Å². The van der Waals surface area contributed by atoms with Gasteiger partial charge in [0.15, 0.2) is 5.95 Å². The number of nitrogens with two attached hydrogens (primary N) is 1. The molecular weight excluding hydrogens is 210 g/mol. The van der Waals surface area contributed by atoms with Crippen LogP contribution in [-0.4, -0.2) is 9.97 Å². The summed E-state index contributed by atoms with van der Waals surface area (Å²) < 4.78 is 0. The summed E-state index contributed by atoms with van der Waals surface area (Å²) in [6.07, 6.45) is 0. The molecule has 0 unspecified atom stereocenters. The molecule has 0 fully saturated rings. The monoisotopic (exact) mass is 221 g/mol. The van der Waals surface area contributed by atoms with Crippen LogP contribution in [0.2, 0.25) is 5.02 Å². The highest BCUT2D eigenvalue weighted by Gasteiger charge is 2.08. The molecule has 1 aromatic carbocycles. The molecule has 3 nitrogen and oxygen atoms in total. The third-order valence-electron chi connectivity index (χ3n) is 2.35. The van der Waals surface area contributed by atoms with Crippen molar-refractivity contribution >= 4 is 17.5 Å². The summed E-state index contributed by atoms with van der Waals surface area (Å²) in [5.74, 6) is 0.430. The van der Waals surface area contributed by atoms with E-state index in [1.807, 2.05) is 32.0 Å². The van der Waals surface area contributed by atoms with Crippen molar-refractivity contribution in [2.24, 2.45) is 0 Å². The molecule has 1 heterocycles. The second-order valence-electron chi connectivity index (χ2n) is 3.56. The second kappa shape index (κ2) is 3.59. The SMILES string of the molecule is Cc1ccc(-c2nc(N)[nH]c2C)cc1Cl. The number of nitrogens with one attached hydrogen (secondary N) is 1. The molecule has 3 N–H and O–H groups in total. The normalized spacial score (nSPS) is 10.6. The number of hydrogen-bond donors (Lipinski definition) is 2. The maximum absolute atomic E-state index is 6.05. The summed E-state index contributed by atoms with van der Waals surface area (Å²) in [6, 6.07) is 5.87. The van der Waals surface area contributed by atoms with Crippen LogP contribution in [0.25, 0.3) is 11.3 Å². The number of aromatic nitrogens is 2. The summed E-state index contributed by atoms with van der Waals surface area (Å²) in [6.45, 7) is 3.91. The third-order valence-corrected chi connectivity index (χ3v) is 2.76. The highest BCUT2D eigenvalue weighted by molar-refractivity contribution is 6.31. The molecule has 0 saturated carbocycles. The quantitative estimate of drug-likeness (QED) is 0.778. The van der Waals surface area contributed by atoms with Gasteiger partial charge in [0.2, 0.25) is 0 Å². The van der Waals surface area contributed by atoms with E-state index in [0.29, 0.717) is 5.95 Å². The molecule has 0 saturated heterocycles. The molecular formula is C11H12ClN3. The zero-order valence-corrected chi connectivity index (χ0v) is 9.39. The Kier molecular flexibility index (Phi) is 2.40. The van der Waals surface area contributed by atoms with Crippen molar-refractivity contribution in [1.82, 2.24) is 9.97 Å². The van der Waals surface area contributed by atoms with Crippen LogP contribution in [0.15, 0.2) is 18.2 Å². The molecule has 0 aliphatic heterocycles. The van der Waals surface area contributed by atoms with E-state index in [9.17, 15) is 0 Å². The van der Waals surface area contributed by atoms with Crippen LogP contribution in [0.5, 0.6) is 0 Å². The van der Waals surface area contributed by atoms with E-state index in [4.69, 9.17) is 17.3 Å². The Bertz CT molecular complexity index is 503. The molecule has 0 amide bonds. The van der Waals surface area contributed by atoms with Crippen LogP contribution >= 0.6 is 11.6 Å². The van der Waals surface area contributed by atoms with Crippen LogP contribution in [0.4, 0.5) is 5.95 Å². The summed E-state index contributed by atoms with van der Waals surface area (Å²) in [5.41, 5.74) is 9.43. The first-order valence-corrected chi connectivity index (χ1v) is 5.04. The summed E-state index contributed by atoms with van der Waals surface area (Å²) >= 11 is 6.05.